The molecule has 0 saturated heterocycles. The van der Waals surface area contributed by atoms with Crippen LogP contribution in [0.15, 0.2) is 37.0 Å². The van der Waals surface area contributed by atoms with Gasteiger partial charge in [0.1, 0.15) is 6.10 Å². The second-order valence-corrected chi connectivity index (χ2v) is 3.84. The van der Waals surface area contributed by atoms with E-state index in [1.54, 1.807) is 6.08 Å². The van der Waals surface area contributed by atoms with Gasteiger partial charge in [-0.05, 0) is 11.8 Å². The number of carbonyl (C=O) groups excluding carboxylic acids is 1. The summed E-state index contributed by atoms with van der Waals surface area (Å²) in [6.45, 7) is 7.60. The highest BCUT2D eigenvalue weighted by molar-refractivity contribution is 9.12. The van der Waals surface area contributed by atoms with Crippen molar-refractivity contribution < 1.29 is 9.53 Å². The molecule has 92 valence electrons. The summed E-state index contributed by atoms with van der Waals surface area (Å²) in [6, 6.07) is 0. The third-order valence-corrected chi connectivity index (χ3v) is 2.37. The van der Waals surface area contributed by atoms with Crippen LogP contribution >= 0.6 is 15.9 Å². The van der Waals surface area contributed by atoms with Crippen LogP contribution in [0.25, 0.3) is 0 Å². The van der Waals surface area contributed by atoms with E-state index >= 15 is 0 Å². The topological polar surface area (TPSA) is 26.3 Å². The van der Waals surface area contributed by atoms with Gasteiger partial charge in [0.25, 0.3) is 0 Å². The van der Waals surface area contributed by atoms with E-state index in [-0.39, 0.29) is 12.0 Å². The normalized spacial score (nSPS) is 14.1. The Morgan fingerprint density at radius 2 is 2.24 bits per heavy atom. The monoisotopic (exact) mass is 296 g/mol. The van der Waals surface area contributed by atoms with Crippen molar-refractivity contribution >= 4 is 21.9 Å². The van der Waals surface area contributed by atoms with Crippen LogP contribution in [0, 0.1) is 16.7 Å². The van der Waals surface area contributed by atoms with Gasteiger partial charge in [0, 0.05) is 34.2 Å². The highest BCUT2D eigenvalue weighted by Crippen LogP contribution is 2.13. The number of carbonyl (C=O) groups is 1. The van der Waals surface area contributed by atoms with Gasteiger partial charge >= 0.3 is 5.97 Å². The van der Waals surface area contributed by atoms with Crippen molar-refractivity contribution in [1.82, 2.24) is 0 Å². The average molecular weight is 297 g/mol. The maximum atomic E-state index is 11.3. The van der Waals surface area contributed by atoms with E-state index in [0.29, 0.717) is 6.42 Å². The van der Waals surface area contributed by atoms with E-state index in [1.807, 2.05) is 38.2 Å². The van der Waals surface area contributed by atoms with E-state index in [4.69, 9.17) is 4.74 Å². The first-order valence-corrected chi connectivity index (χ1v) is 6.17. The minimum Gasteiger partial charge on any atom is -0.452 e. The van der Waals surface area contributed by atoms with Crippen molar-refractivity contribution in [1.29, 1.82) is 0 Å². The number of ether oxygens (including phenoxy) is 1. The summed E-state index contributed by atoms with van der Waals surface area (Å²) in [5.74, 6) is 1.85. The van der Waals surface area contributed by atoms with Crippen molar-refractivity contribution in [3.8, 4) is 10.8 Å². The van der Waals surface area contributed by atoms with Crippen molar-refractivity contribution in [2.24, 2.45) is 5.92 Å². The molecule has 2 atom stereocenters. The fourth-order valence-electron chi connectivity index (χ4n) is 1.13. The Morgan fingerprint density at radius 1 is 1.53 bits per heavy atom. The first kappa shape index (κ1) is 15.7. The number of hydrogen-bond acceptors (Lipinski definition) is 2. The zero-order chi connectivity index (χ0) is 13.1. The third kappa shape index (κ3) is 7.59. The van der Waals surface area contributed by atoms with Crippen molar-refractivity contribution in [2.75, 3.05) is 0 Å². The van der Waals surface area contributed by atoms with Gasteiger partial charge in [-0.3, -0.25) is 0 Å². The summed E-state index contributed by atoms with van der Waals surface area (Å²) in [5, 5.41) is 0. The molecule has 0 aliphatic carbocycles. The Labute approximate surface area is 112 Å². The Hall–Kier alpha value is -1.27. The molecular weight excluding hydrogens is 280 g/mol. The Bertz CT molecular complexity index is 358. The van der Waals surface area contributed by atoms with E-state index in [9.17, 15) is 4.79 Å². The quantitative estimate of drug-likeness (QED) is 0.324. The fourth-order valence-corrected chi connectivity index (χ4v) is 1.29. The molecule has 0 aromatic rings. The number of esters is 1. The lowest BCUT2D eigenvalue weighted by Gasteiger charge is -2.18. The maximum Gasteiger partial charge on any atom is 0.385 e. The standard InChI is InChI=1S/C14H17BrO2/c1-4-6-7-8-9-13(12(3)5-2)17-14(16)10-11-15/h4-8,12-13H,2,9H2,1,3H3/b6-4+,8-7+/t12-,13+/m0/s1. The van der Waals surface area contributed by atoms with Crippen LogP contribution in [0.4, 0.5) is 0 Å². The molecule has 0 aliphatic heterocycles. The van der Waals surface area contributed by atoms with E-state index in [0.717, 1.165) is 0 Å². The van der Waals surface area contributed by atoms with Crippen LogP contribution in [0.1, 0.15) is 20.3 Å². The van der Waals surface area contributed by atoms with Crippen LogP contribution < -0.4 is 0 Å². The molecule has 0 N–H and O–H groups in total. The smallest absolute Gasteiger partial charge is 0.385 e. The summed E-state index contributed by atoms with van der Waals surface area (Å²) in [6.07, 6.45) is 9.93. The Morgan fingerprint density at radius 3 is 2.76 bits per heavy atom. The minimum atomic E-state index is -0.528. The van der Waals surface area contributed by atoms with Gasteiger partial charge in [0.2, 0.25) is 0 Å². The van der Waals surface area contributed by atoms with E-state index in [1.165, 1.54) is 0 Å². The molecule has 0 bridgehead atoms. The van der Waals surface area contributed by atoms with Gasteiger partial charge in [0.15, 0.2) is 0 Å². The first-order chi connectivity index (χ1) is 8.15. The summed E-state index contributed by atoms with van der Waals surface area (Å²) >= 11 is 2.86. The molecule has 0 aromatic heterocycles. The number of allylic oxidation sites excluding steroid dienone is 3. The molecule has 0 aliphatic rings. The second-order valence-electron chi connectivity index (χ2n) is 3.45. The Balaban J connectivity index is 4.46. The third-order valence-electron chi connectivity index (χ3n) is 2.17. The summed E-state index contributed by atoms with van der Waals surface area (Å²) < 4.78 is 5.23. The Kier molecular flexibility index (Phi) is 9.18. The second kappa shape index (κ2) is 9.92. The van der Waals surface area contributed by atoms with Gasteiger partial charge in [-0.25, -0.2) is 4.79 Å². The molecular formula is C14H17BrO2. The first-order valence-electron chi connectivity index (χ1n) is 5.38. The zero-order valence-electron chi connectivity index (χ0n) is 10.2. The van der Waals surface area contributed by atoms with E-state index in [2.05, 4.69) is 33.3 Å². The minimum absolute atomic E-state index is 0.0892. The van der Waals surface area contributed by atoms with Crippen molar-refractivity contribution in [3.63, 3.8) is 0 Å². The number of hydrogen-bond donors (Lipinski definition) is 0. The zero-order valence-corrected chi connectivity index (χ0v) is 11.7. The van der Waals surface area contributed by atoms with Gasteiger partial charge in [-0.15, -0.1) is 6.58 Å². The number of rotatable bonds is 6. The van der Waals surface area contributed by atoms with Gasteiger partial charge in [-0.1, -0.05) is 37.3 Å². The molecule has 0 rings (SSSR count). The molecule has 0 radical (unpaired) electrons. The lowest BCUT2D eigenvalue weighted by Crippen LogP contribution is -2.22. The van der Waals surface area contributed by atoms with Crippen molar-refractivity contribution in [3.05, 3.63) is 37.0 Å². The lowest BCUT2D eigenvalue weighted by atomic mass is 10.0. The largest absolute Gasteiger partial charge is 0.452 e. The maximum absolute atomic E-state index is 11.3. The molecule has 3 heteroatoms. The molecule has 2 nitrogen and oxygen atoms in total. The van der Waals surface area contributed by atoms with Crippen LogP contribution in [0.3, 0.4) is 0 Å². The molecule has 0 unspecified atom stereocenters. The van der Waals surface area contributed by atoms with Gasteiger partial charge < -0.3 is 4.74 Å². The van der Waals surface area contributed by atoms with Crippen LogP contribution in [-0.2, 0) is 9.53 Å². The highest BCUT2D eigenvalue weighted by Gasteiger charge is 2.16. The molecule has 0 fully saturated rings. The highest BCUT2D eigenvalue weighted by atomic mass is 79.9. The molecule has 0 aromatic carbocycles. The molecule has 0 heterocycles. The van der Waals surface area contributed by atoms with Crippen LogP contribution in [0.5, 0.6) is 0 Å². The van der Waals surface area contributed by atoms with E-state index < -0.39 is 5.97 Å². The fraction of sp³-hybridized carbons (Fsp3) is 0.357. The predicted octanol–water partition coefficient (Wildman–Crippen LogP) is 3.60. The molecule has 0 saturated carbocycles. The average Bonchev–Trinajstić information content (AvgIpc) is 2.32. The summed E-state index contributed by atoms with van der Waals surface area (Å²) in [5.41, 5.74) is 0. The lowest BCUT2D eigenvalue weighted by molar-refractivity contribution is -0.143. The van der Waals surface area contributed by atoms with Gasteiger partial charge in [-0.2, -0.15) is 0 Å². The molecule has 0 spiro atoms. The van der Waals surface area contributed by atoms with Crippen LogP contribution in [-0.4, -0.2) is 12.1 Å². The van der Waals surface area contributed by atoms with Crippen molar-refractivity contribution in [2.45, 2.75) is 26.4 Å². The summed E-state index contributed by atoms with van der Waals surface area (Å²) in [4.78, 5) is 13.6. The molecule has 0 amide bonds. The van der Waals surface area contributed by atoms with Crippen LogP contribution in [0.2, 0.25) is 0 Å². The number of halogens is 1. The predicted molar refractivity (Wildman–Crippen MR) is 74.5 cm³/mol. The summed E-state index contributed by atoms with van der Waals surface area (Å²) in [7, 11) is 0. The van der Waals surface area contributed by atoms with Gasteiger partial charge in [0.05, 0.1) is 0 Å². The SMILES string of the molecule is C=C[C@H](C)[C@@H](C/C=C/C=C/C)OC(=O)C#CBr. The molecule has 17 heavy (non-hydrogen) atoms.